The number of rotatable bonds is 8. The van der Waals surface area contributed by atoms with Gasteiger partial charge in [0.15, 0.2) is 0 Å². The highest BCUT2D eigenvalue weighted by Crippen LogP contribution is 2.42. The summed E-state index contributed by atoms with van der Waals surface area (Å²) < 4.78 is 41.5. The predicted octanol–water partition coefficient (Wildman–Crippen LogP) is -0.125. The molecule has 14 nitrogen and oxygen atoms in total. The highest BCUT2D eigenvalue weighted by molar-refractivity contribution is 8.00. The van der Waals surface area contributed by atoms with Gasteiger partial charge < -0.3 is 40.1 Å². The van der Waals surface area contributed by atoms with E-state index in [1.807, 2.05) is 0 Å². The van der Waals surface area contributed by atoms with Gasteiger partial charge in [-0.3, -0.25) is 0 Å². The first-order valence-corrected chi connectivity index (χ1v) is 14.9. The quantitative estimate of drug-likeness (QED) is 0.148. The summed E-state index contributed by atoms with van der Waals surface area (Å²) in [7, 11) is 0. The second-order valence-electron chi connectivity index (χ2n) is 10.7. The van der Waals surface area contributed by atoms with E-state index < -0.39 is 84.4 Å². The van der Waals surface area contributed by atoms with Gasteiger partial charge in [0.1, 0.15) is 82.6 Å². The Hall–Kier alpha value is -3.39. The van der Waals surface area contributed by atoms with Gasteiger partial charge in [0.05, 0.1) is 25.6 Å². The molecule has 6 rings (SSSR count). The van der Waals surface area contributed by atoms with Crippen LogP contribution in [0.4, 0.5) is 8.78 Å². The Kier molecular flexibility index (Phi) is 9.23. The molecule has 240 valence electrons. The average Bonchev–Trinajstić information content (AvgIpc) is 3.71. The third-order valence-corrected chi connectivity index (χ3v) is 9.15. The number of aromatic nitrogens is 6. The number of aliphatic hydroxyl groups excluding tert-OH is 6. The third-order valence-electron chi connectivity index (χ3n) is 7.84. The zero-order valence-electron chi connectivity index (χ0n) is 23.3. The number of aliphatic hydroxyl groups is 6. The van der Waals surface area contributed by atoms with Crippen molar-refractivity contribution in [3.8, 4) is 22.5 Å². The summed E-state index contributed by atoms with van der Waals surface area (Å²) in [5.74, 6) is -0.978. The van der Waals surface area contributed by atoms with Crippen molar-refractivity contribution in [2.45, 2.75) is 59.6 Å². The van der Waals surface area contributed by atoms with Crippen LogP contribution >= 0.6 is 11.8 Å². The van der Waals surface area contributed by atoms with Gasteiger partial charge in [0, 0.05) is 11.1 Å². The Morgan fingerprint density at radius 1 is 0.667 bits per heavy atom. The highest BCUT2D eigenvalue weighted by atomic mass is 32.2. The molecule has 2 saturated heterocycles. The molecule has 45 heavy (non-hydrogen) atoms. The molecule has 17 heteroatoms. The highest BCUT2D eigenvalue weighted by Gasteiger charge is 2.51. The first-order valence-electron chi connectivity index (χ1n) is 13.9. The number of hydrogen-bond acceptors (Lipinski definition) is 13. The molecule has 6 N–H and O–H groups in total. The molecule has 2 aliphatic rings. The smallest absolute Gasteiger partial charge is 0.134 e. The monoisotopic (exact) mass is 648 g/mol. The van der Waals surface area contributed by atoms with Crippen molar-refractivity contribution >= 4 is 11.8 Å². The summed E-state index contributed by atoms with van der Waals surface area (Å²) in [6, 6.07) is 8.88. The molecule has 0 aliphatic carbocycles. The van der Waals surface area contributed by atoms with E-state index in [4.69, 9.17) is 9.47 Å². The Morgan fingerprint density at radius 3 is 1.47 bits per heavy atom. The van der Waals surface area contributed by atoms with Crippen LogP contribution in [0.15, 0.2) is 60.9 Å². The minimum atomic E-state index is -1.51. The van der Waals surface area contributed by atoms with E-state index in [-0.39, 0.29) is 11.4 Å². The predicted molar refractivity (Wildman–Crippen MR) is 152 cm³/mol. The lowest BCUT2D eigenvalue weighted by molar-refractivity contribution is -0.189. The van der Waals surface area contributed by atoms with E-state index in [0.717, 1.165) is 11.8 Å². The van der Waals surface area contributed by atoms with Crippen LogP contribution in [0, 0.1) is 11.6 Å². The average molecular weight is 649 g/mol. The largest absolute Gasteiger partial charge is 0.394 e. The SMILES string of the molecule is OC[C@H]1OC(SC2O[C@H](CO)[C@H](O)[C@H](n3cc(-c4cccc(F)c4)nn3)[C@H]2O)[C@H](O)[C@@H](n2cc(-c3cccc(F)c3)nn2)[C@H]1O. The summed E-state index contributed by atoms with van der Waals surface area (Å²) in [5, 5.41) is 80.8. The van der Waals surface area contributed by atoms with Crippen LogP contribution in [0.3, 0.4) is 0 Å². The maximum Gasteiger partial charge on any atom is 0.134 e. The zero-order chi connectivity index (χ0) is 31.8. The Labute approximate surface area is 258 Å². The van der Waals surface area contributed by atoms with Gasteiger partial charge in [0.2, 0.25) is 0 Å². The van der Waals surface area contributed by atoms with Gasteiger partial charge in [0.25, 0.3) is 0 Å². The molecule has 0 radical (unpaired) electrons. The lowest BCUT2D eigenvalue weighted by Crippen LogP contribution is -2.58. The molecule has 0 amide bonds. The number of thioether (sulfide) groups is 1. The van der Waals surface area contributed by atoms with Gasteiger partial charge >= 0.3 is 0 Å². The van der Waals surface area contributed by atoms with Crippen molar-refractivity contribution in [3.63, 3.8) is 0 Å². The third kappa shape index (κ3) is 6.23. The van der Waals surface area contributed by atoms with Crippen LogP contribution in [0.2, 0.25) is 0 Å². The van der Waals surface area contributed by atoms with E-state index in [2.05, 4.69) is 20.6 Å². The fraction of sp³-hybridized carbons (Fsp3) is 0.429. The van der Waals surface area contributed by atoms with Gasteiger partial charge in [-0.1, -0.05) is 46.5 Å². The van der Waals surface area contributed by atoms with Crippen LogP contribution in [0.25, 0.3) is 22.5 Å². The van der Waals surface area contributed by atoms with Crippen molar-refractivity contribution in [3.05, 3.63) is 72.6 Å². The summed E-state index contributed by atoms with van der Waals surface area (Å²) >= 11 is 0.796. The van der Waals surface area contributed by atoms with Crippen LogP contribution in [0.5, 0.6) is 0 Å². The summed E-state index contributed by atoms with van der Waals surface area (Å²) in [6.45, 7) is -1.27. The van der Waals surface area contributed by atoms with Crippen molar-refractivity contribution < 1.29 is 48.9 Å². The Morgan fingerprint density at radius 2 is 1.09 bits per heavy atom. The van der Waals surface area contributed by atoms with Crippen LogP contribution in [-0.2, 0) is 9.47 Å². The number of hydrogen-bond donors (Lipinski definition) is 6. The van der Waals surface area contributed by atoms with Gasteiger partial charge in [-0.25, -0.2) is 18.1 Å². The number of ether oxygens (including phenoxy) is 2. The van der Waals surface area contributed by atoms with Gasteiger partial charge in [-0.05, 0) is 24.3 Å². The van der Waals surface area contributed by atoms with Crippen LogP contribution in [0.1, 0.15) is 12.1 Å². The first kappa shape index (κ1) is 31.6. The Balaban J connectivity index is 1.25. The maximum atomic E-state index is 13.8. The lowest BCUT2D eigenvalue weighted by Gasteiger charge is -2.46. The van der Waals surface area contributed by atoms with E-state index in [1.54, 1.807) is 12.1 Å². The molecule has 0 spiro atoms. The lowest BCUT2D eigenvalue weighted by atomic mass is 9.97. The molecule has 4 aromatic rings. The zero-order valence-corrected chi connectivity index (χ0v) is 24.1. The van der Waals surface area contributed by atoms with Crippen molar-refractivity contribution in [1.29, 1.82) is 0 Å². The Bertz CT molecular complexity index is 1500. The summed E-state index contributed by atoms with van der Waals surface area (Å²) in [6.07, 6.45) is -5.48. The molecule has 2 fully saturated rings. The standard InChI is InChI=1S/C28H30F2N6O8S/c29-15-5-1-3-13(7-15)17-9-35(33-31-17)21-23(39)19(11-37)43-27(25(21)41)45-28-26(42)22(24(40)20(12-38)44-28)36-10-18(32-34-36)14-4-2-6-16(30)8-14/h1-10,19-28,37-42H,11-12H2/t19-,20-,21+,22+,23+,24+,25-,26-,27?,28?/m1/s1. The van der Waals surface area contributed by atoms with Gasteiger partial charge in [-0.2, -0.15) is 0 Å². The normalized spacial score (nSPS) is 32.1. The number of nitrogens with zero attached hydrogens (tertiary/aromatic N) is 6. The second kappa shape index (κ2) is 13.1. The van der Waals surface area contributed by atoms with Gasteiger partial charge in [-0.15, -0.1) is 10.2 Å². The van der Waals surface area contributed by atoms with Crippen molar-refractivity contribution in [2.24, 2.45) is 0 Å². The van der Waals surface area contributed by atoms with E-state index >= 15 is 0 Å². The topological polar surface area (TPSA) is 201 Å². The molecular weight excluding hydrogens is 618 g/mol. The first-order chi connectivity index (χ1) is 21.7. The molecule has 0 saturated carbocycles. The molecular formula is C28H30F2N6O8S. The number of benzene rings is 2. The van der Waals surface area contributed by atoms with Crippen molar-refractivity contribution in [1.82, 2.24) is 30.0 Å². The fourth-order valence-electron chi connectivity index (χ4n) is 5.52. The minimum absolute atomic E-state index is 0.268. The summed E-state index contributed by atoms with van der Waals surface area (Å²) in [4.78, 5) is 0. The summed E-state index contributed by atoms with van der Waals surface area (Å²) in [5.41, 5.74) is -1.10. The molecule has 2 aromatic heterocycles. The minimum Gasteiger partial charge on any atom is -0.394 e. The fourth-order valence-corrected chi connectivity index (χ4v) is 6.84. The molecule has 10 atom stereocenters. The molecule has 2 aliphatic heterocycles. The van der Waals surface area contributed by atoms with E-state index in [0.29, 0.717) is 11.1 Å². The van der Waals surface area contributed by atoms with Crippen LogP contribution in [-0.4, -0.2) is 121 Å². The molecule has 0 bridgehead atoms. The maximum absolute atomic E-state index is 13.8. The molecule has 2 aromatic carbocycles. The molecule has 4 heterocycles. The van der Waals surface area contributed by atoms with Crippen molar-refractivity contribution in [2.75, 3.05) is 13.2 Å². The van der Waals surface area contributed by atoms with E-state index in [9.17, 15) is 39.4 Å². The second-order valence-corrected chi connectivity index (χ2v) is 11.9. The molecule has 2 unspecified atom stereocenters. The van der Waals surface area contributed by atoms with E-state index in [1.165, 1.54) is 58.2 Å². The van der Waals surface area contributed by atoms with Crippen LogP contribution < -0.4 is 0 Å². The number of halogens is 2.